The molecule has 3 aromatic rings. The molecule has 0 aliphatic carbocycles. The van der Waals surface area contributed by atoms with Crippen LogP contribution in [-0.4, -0.2) is 31.2 Å². The van der Waals surface area contributed by atoms with Crippen LogP contribution in [0.2, 0.25) is 0 Å². The Kier molecular flexibility index (Phi) is 8.60. The van der Waals surface area contributed by atoms with Crippen molar-refractivity contribution in [2.45, 2.75) is 13.8 Å². The van der Waals surface area contributed by atoms with Crippen LogP contribution in [0.5, 0.6) is 11.5 Å². The number of aryl methyl sites for hydroxylation is 1. The lowest BCUT2D eigenvalue weighted by Crippen LogP contribution is -2.25. The Morgan fingerprint density at radius 1 is 1.03 bits per heavy atom. The molecule has 0 heterocycles. The van der Waals surface area contributed by atoms with Gasteiger partial charge in [-0.1, -0.05) is 28.1 Å². The van der Waals surface area contributed by atoms with E-state index in [-0.39, 0.29) is 12.5 Å². The molecular formula is C25H24BrN3O4. The van der Waals surface area contributed by atoms with Crippen molar-refractivity contribution >= 4 is 39.7 Å². The highest BCUT2D eigenvalue weighted by Crippen LogP contribution is 2.29. The van der Waals surface area contributed by atoms with Gasteiger partial charge in [0, 0.05) is 10.2 Å². The van der Waals surface area contributed by atoms with Crippen molar-refractivity contribution in [1.82, 2.24) is 5.43 Å². The van der Waals surface area contributed by atoms with E-state index in [1.54, 1.807) is 42.5 Å². The van der Waals surface area contributed by atoms with Crippen molar-refractivity contribution in [3.63, 3.8) is 0 Å². The zero-order valence-corrected chi connectivity index (χ0v) is 19.9. The lowest BCUT2D eigenvalue weighted by Gasteiger charge is -2.11. The number of hydrazone groups is 1. The third-order valence-corrected chi connectivity index (χ3v) is 4.95. The molecule has 0 spiro atoms. The summed E-state index contributed by atoms with van der Waals surface area (Å²) >= 11 is 3.34. The minimum Gasteiger partial charge on any atom is -0.490 e. The summed E-state index contributed by atoms with van der Waals surface area (Å²) in [6.07, 6.45) is 1.49. The Morgan fingerprint density at radius 3 is 2.55 bits per heavy atom. The summed E-state index contributed by atoms with van der Waals surface area (Å²) in [4.78, 5) is 24.4. The summed E-state index contributed by atoms with van der Waals surface area (Å²) in [5, 5.41) is 7.03. The minimum atomic E-state index is -0.488. The van der Waals surface area contributed by atoms with Gasteiger partial charge in [-0.15, -0.1) is 0 Å². The van der Waals surface area contributed by atoms with E-state index in [0.717, 1.165) is 15.7 Å². The van der Waals surface area contributed by atoms with Crippen LogP contribution >= 0.6 is 15.9 Å². The first kappa shape index (κ1) is 24.0. The highest BCUT2D eigenvalue weighted by molar-refractivity contribution is 9.10. The number of ether oxygens (including phenoxy) is 2. The van der Waals surface area contributed by atoms with Gasteiger partial charge in [-0.05, 0) is 79.6 Å². The predicted octanol–water partition coefficient (Wildman–Crippen LogP) is 4.94. The highest BCUT2D eigenvalue weighted by Gasteiger charge is 2.13. The van der Waals surface area contributed by atoms with Crippen molar-refractivity contribution in [3.8, 4) is 11.5 Å². The van der Waals surface area contributed by atoms with E-state index in [4.69, 9.17) is 9.47 Å². The smallest absolute Gasteiger partial charge is 0.343 e. The van der Waals surface area contributed by atoms with E-state index in [1.165, 1.54) is 6.21 Å². The van der Waals surface area contributed by atoms with Gasteiger partial charge in [-0.25, -0.2) is 10.2 Å². The van der Waals surface area contributed by atoms with Gasteiger partial charge >= 0.3 is 5.97 Å². The first-order chi connectivity index (χ1) is 15.9. The number of carbonyl (C=O) groups is 2. The number of anilines is 1. The predicted molar refractivity (Wildman–Crippen MR) is 132 cm³/mol. The third-order valence-electron chi connectivity index (χ3n) is 4.42. The maximum absolute atomic E-state index is 12.4. The average molecular weight is 510 g/mol. The number of benzene rings is 3. The molecule has 0 aliphatic rings. The van der Waals surface area contributed by atoms with Gasteiger partial charge in [-0.3, -0.25) is 4.79 Å². The molecule has 0 saturated heterocycles. The number of carbonyl (C=O) groups excluding carboxylic acids is 2. The number of halogens is 1. The van der Waals surface area contributed by atoms with Crippen LogP contribution in [0.1, 0.15) is 28.4 Å². The normalized spacial score (nSPS) is 10.6. The molecule has 33 heavy (non-hydrogen) atoms. The van der Waals surface area contributed by atoms with Crippen molar-refractivity contribution in [3.05, 3.63) is 87.9 Å². The van der Waals surface area contributed by atoms with Crippen LogP contribution in [0.3, 0.4) is 0 Å². The summed E-state index contributed by atoms with van der Waals surface area (Å²) in [6.45, 7) is 4.31. The summed E-state index contributed by atoms with van der Waals surface area (Å²) < 4.78 is 12.0. The topological polar surface area (TPSA) is 89.0 Å². The van der Waals surface area contributed by atoms with Gasteiger partial charge in [0.1, 0.15) is 0 Å². The number of hydrogen-bond donors (Lipinski definition) is 2. The number of hydrogen-bond acceptors (Lipinski definition) is 6. The summed E-state index contributed by atoms with van der Waals surface area (Å²) in [6, 6.07) is 19.7. The van der Waals surface area contributed by atoms with Crippen LogP contribution in [0.25, 0.3) is 0 Å². The maximum atomic E-state index is 12.4. The quantitative estimate of drug-likeness (QED) is 0.184. The molecule has 8 heteroatoms. The number of nitrogens with zero attached hydrogens (tertiary/aromatic N) is 1. The monoisotopic (exact) mass is 509 g/mol. The van der Waals surface area contributed by atoms with E-state index >= 15 is 0 Å². The Hall–Kier alpha value is -3.65. The standard InChI is InChI=1S/C25H24BrN3O4/c1-3-32-23-14-18(7-12-22(23)33-25(31)19-8-10-20(26)11-9-19)15-28-29-24(30)16-27-21-6-4-5-17(2)13-21/h4-15,27H,3,16H2,1-2H3,(H,29,30)/b28-15+. The Balaban J connectivity index is 1.59. The fourth-order valence-corrected chi connectivity index (χ4v) is 3.12. The van der Waals surface area contributed by atoms with E-state index in [1.807, 2.05) is 38.1 Å². The van der Waals surface area contributed by atoms with Crippen molar-refractivity contribution in [2.24, 2.45) is 5.10 Å². The molecule has 0 bridgehead atoms. The zero-order chi connectivity index (χ0) is 23.6. The summed E-state index contributed by atoms with van der Waals surface area (Å²) in [5.41, 5.74) is 5.55. The molecule has 2 N–H and O–H groups in total. The van der Waals surface area contributed by atoms with E-state index in [2.05, 4.69) is 31.8 Å². The maximum Gasteiger partial charge on any atom is 0.343 e. The van der Waals surface area contributed by atoms with Crippen LogP contribution in [0.15, 0.2) is 76.3 Å². The molecule has 3 aromatic carbocycles. The Bertz CT molecular complexity index is 1150. The van der Waals surface area contributed by atoms with Crippen molar-refractivity contribution < 1.29 is 19.1 Å². The van der Waals surface area contributed by atoms with Crippen LogP contribution in [0, 0.1) is 6.92 Å². The average Bonchev–Trinajstić information content (AvgIpc) is 2.80. The molecule has 0 saturated carbocycles. The van der Waals surface area contributed by atoms with Crippen LogP contribution < -0.4 is 20.2 Å². The Labute approximate surface area is 200 Å². The van der Waals surface area contributed by atoms with E-state index in [0.29, 0.717) is 29.2 Å². The molecule has 7 nitrogen and oxygen atoms in total. The minimum absolute atomic E-state index is 0.0932. The second-order valence-corrected chi connectivity index (χ2v) is 7.97. The fourth-order valence-electron chi connectivity index (χ4n) is 2.86. The lowest BCUT2D eigenvalue weighted by atomic mass is 10.2. The molecule has 0 unspecified atom stereocenters. The number of amides is 1. The summed E-state index contributed by atoms with van der Waals surface area (Å²) in [7, 11) is 0. The molecule has 1 amide bonds. The third kappa shape index (κ3) is 7.47. The van der Waals surface area contributed by atoms with Gasteiger partial charge in [0.05, 0.1) is 24.9 Å². The van der Waals surface area contributed by atoms with Crippen LogP contribution in [0.4, 0.5) is 5.69 Å². The van der Waals surface area contributed by atoms with E-state index < -0.39 is 5.97 Å². The second kappa shape index (κ2) is 11.8. The van der Waals surface area contributed by atoms with Gasteiger partial charge < -0.3 is 14.8 Å². The summed E-state index contributed by atoms with van der Waals surface area (Å²) in [5.74, 6) is -0.0660. The SMILES string of the molecule is CCOc1cc(/C=N/NC(=O)CNc2cccc(C)c2)ccc1OC(=O)c1ccc(Br)cc1. The van der Waals surface area contributed by atoms with E-state index in [9.17, 15) is 9.59 Å². The molecule has 0 aromatic heterocycles. The molecule has 0 aliphatic heterocycles. The molecular weight excluding hydrogens is 486 g/mol. The Morgan fingerprint density at radius 2 is 1.82 bits per heavy atom. The number of rotatable bonds is 9. The molecule has 170 valence electrons. The van der Waals surface area contributed by atoms with Crippen LogP contribution in [-0.2, 0) is 4.79 Å². The van der Waals surface area contributed by atoms with Gasteiger partial charge in [0.2, 0.25) is 0 Å². The molecule has 0 atom stereocenters. The number of esters is 1. The van der Waals surface area contributed by atoms with Gasteiger partial charge in [0.25, 0.3) is 5.91 Å². The zero-order valence-electron chi connectivity index (χ0n) is 18.3. The first-order valence-electron chi connectivity index (χ1n) is 10.3. The number of nitrogens with one attached hydrogen (secondary N) is 2. The largest absolute Gasteiger partial charge is 0.490 e. The van der Waals surface area contributed by atoms with Crippen molar-refractivity contribution in [1.29, 1.82) is 0 Å². The van der Waals surface area contributed by atoms with Crippen molar-refractivity contribution in [2.75, 3.05) is 18.5 Å². The second-order valence-electron chi connectivity index (χ2n) is 7.05. The first-order valence-corrected chi connectivity index (χ1v) is 11.1. The highest BCUT2D eigenvalue weighted by atomic mass is 79.9. The van der Waals surface area contributed by atoms with Gasteiger partial charge in [0.15, 0.2) is 11.5 Å². The molecule has 3 rings (SSSR count). The molecule has 0 fully saturated rings. The molecule has 0 radical (unpaired) electrons. The van der Waals surface area contributed by atoms with Gasteiger partial charge in [-0.2, -0.15) is 5.10 Å². The lowest BCUT2D eigenvalue weighted by molar-refractivity contribution is -0.119. The fraction of sp³-hybridized carbons (Fsp3) is 0.160.